The summed E-state index contributed by atoms with van der Waals surface area (Å²) in [6, 6.07) is 8.56. The van der Waals surface area contributed by atoms with E-state index in [1.807, 2.05) is 38.7 Å². The van der Waals surface area contributed by atoms with E-state index in [1.54, 1.807) is 0 Å². The standard InChI is InChI=1S/C18H28N2O2/c1-13(19)9-10-15-12-20(17(21)22-18(2,3)4)11-14-7-5-6-8-16(14)15/h5-8,13,15H,9-12,19H2,1-4H3. The molecule has 2 N–H and O–H groups in total. The highest BCUT2D eigenvalue weighted by Crippen LogP contribution is 2.32. The zero-order valence-electron chi connectivity index (χ0n) is 14.1. The van der Waals surface area contributed by atoms with Gasteiger partial charge in [0.15, 0.2) is 0 Å². The number of fused-ring (bicyclic) bond motifs is 1. The van der Waals surface area contributed by atoms with Crippen LogP contribution < -0.4 is 5.73 Å². The molecule has 2 rings (SSSR count). The summed E-state index contributed by atoms with van der Waals surface area (Å²) in [4.78, 5) is 14.2. The van der Waals surface area contributed by atoms with Crippen molar-refractivity contribution < 1.29 is 9.53 Å². The van der Waals surface area contributed by atoms with Gasteiger partial charge in [0, 0.05) is 25.0 Å². The van der Waals surface area contributed by atoms with Gasteiger partial charge in [0.05, 0.1) is 0 Å². The summed E-state index contributed by atoms with van der Waals surface area (Å²) in [5.74, 6) is 0.337. The SMILES string of the molecule is CC(N)CCC1CN(C(=O)OC(C)(C)C)Cc2ccccc21. The summed E-state index contributed by atoms with van der Waals surface area (Å²) in [5, 5.41) is 0. The van der Waals surface area contributed by atoms with Crippen LogP contribution >= 0.6 is 0 Å². The number of hydrogen-bond donors (Lipinski definition) is 1. The van der Waals surface area contributed by atoms with E-state index in [1.165, 1.54) is 11.1 Å². The molecule has 1 aliphatic rings. The lowest BCUT2D eigenvalue weighted by Crippen LogP contribution is -2.41. The Hall–Kier alpha value is -1.55. The second-order valence-electron chi connectivity index (χ2n) is 7.31. The third kappa shape index (κ3) is 4.47. The van der Waals surface area contributed by atoms with Crippen molar-refractivity contribution in [1.29, 1.82) is 0 Å². The Morgan fingerprint density at radius 2 is 2.09 bits per heavy atom. The molecule has 1 aromatic carbocycles. The van der Waals surface area contributed by atoms with Gasteiger partial charge >= 0.3 is 6.09 Å². The van der Waals surface area contributed by atoms with E-state index in [0.717, 1.165) is 12.8 Å². The molecule has 4 heteroatoms. The molecule has 2 unspecified atom stereocenters. The van der Waals surface area contributed by atoms with Crippen LogP contribution in [0, 0.1) is 0 Å². The van der Waals surface area contributed by atoms with Crippen LogP contribution in [0.1, 0.15) is 57.6 Å². The number of nitrogens with zero attached hydrogens (tertiary/aromatic N) is 1. The van der Waals surface area contributed by atoms with Crippen molar-refractivity contribution in [2.24, 2.45) is 5.73 Å². The Morgan fingerprint density at radius 3 is 2.73 bits per heavy atom. The molecule has 22 heavy (non-hydrogen) atoms. The van der Waals surface area contributed by atoms with Crippen molar-refractivity contribution in [3.8, 4) is 0 Å². The molecule has 1 heterocycles. The minimum atomic E-state index is -0.463. The minimum Gasteiger partial charge on any atom is -0.444 e. The normalized spacial score (nSPS) is 19.5. The number of carbonyl (C=O) groups excluding carboxylic acids is 1. The van der Waals surface area contributed by atoms with E-state index < -0.39 is 5.60 Å². The Morgan fingerprint density at radius 1 is 1.41 bits per heavy atom. The summed E-state index contributed by atoms with van der Waals surface area (Å²) in [5.41, 5.74) is 8.01. The second kappa shape index (κ2) is 6.69. The van der Waals surface area contributed by atoms with Crippen molar-refractivity contribution >= 4 is 6.09 Å². The highest BCUT2D eigenvalue weighted by atomic mass is 16.6. The predicted molar refractivity (Wildman–Crippen MR) is 88.7 cm³/mol. The molecule has 1 amide bonds. The topological polar surface area (TPSA) is 55.6 Å². The molecule has 0 radical (unpaired) electrons. The molecule has 2 atom stereocenters. The first-order chi connectivity index (χ1) is 10.3. The van der Waals surface area contributed by atoms with Crippen LogP contribution in [0.4, 0.5) is 4.79 Å². The Kier molecular flexibility index (Phi) is 5.12. The smallest absolute Gasteiger partial charge is 0.410 e. The van der Waals surface area contributed by atoms with Gasteiger partial charge in [-0.05, 0) is 51.7 Å². The fraction of sp³-hybridized carbons (Fsp3) is 0.611. The van der Waals surface area contributed by atoms with Gasteiger partial charge in [-0.1, -0.05) is 24.3 Å². The Labute approximate surface area is 133 Å². The van der Waals surface area contributed by atoms with Crippen LogP contribution in [0.25, 0.3) is 0 Å². The summed E-state index contributed by atoms with van der Waals surface area (Å²) >= 11 is 0. The summed E-state index contributed by atoms with van der Waals surface area (Å²) in [7, 11) is 0. The molecule has 0 spiro atoms. The molecule has 1 aromatic rings. The lowest BCUT2D eigenvalue weighted by Gasteiger charge is -2.36. The van der Waals surface area contributed by atoms with E-state index in [9.17, 15) is 4.79 Å². The van der Waals surface area contributed by atoms with Crippen LogP contribution in [0.15, 0.2) is 24.3 Å². The Balaban J connectivity index is 2.15. The molecule has 4 nitrogen and oxygen atoms in total. The average Bonchev–Trinajstić information content (AvgIpc) is 2.42. The van der Waals surface area contributed by atoms with Gasteiger partial charge in [0.1, 0.15) is 5.60 Å². The van der Waals surface area contributed by atoms with E-state index in [0.29, 0.717) is 19.0 Å². The molecule has 0 bridgehead atoms. The fourth-order valence-corrected chi connectivity index (χ4v) is 2.89. The zero-order chi connectivity index (χ0) is 16.3. The maximum Gasteiger partial charge on any atom is 0.410 e. The average molecular weight is 304 g/mol. The molecule has 1 aliphatic heterocycles. The van der Waals surface area contributed by atoms with Crippen molar-refractivity contribution in [3.63, 3.8) is 0 Å². The van der Waals surface area contributed by atoms with E-state index in [2.05, 4.69) is 18.2 Å². The molecule has 0 aliphatic carbocycles. The highest BCUT2D eigenvalue weighted by molar-refractivity contribution is 5.69. The predicted octanol–water partition coefficient (Wildman–Crippen LogP) is 3.65. The number of carbonyl (C=O) groups is 1. The van der Waals surface area contributed by atoms with Crippen molar-refractivity contribution in [2.45, 2.75) is 64.6 Å². The number of nitrogens with two attached hydrogens (primary N) is 1. The minimum absolute atomic E-state index is 0.184. The molecule has 0 saturated carbocycles. The fourth-order valence-electron chi connectivity index (χ4n) is 2.89. The monoisotopic (exact) mass is 304 g/mol. The van der Waals surface area contributed by atoms with Crippen molar-refractivity contribution in [3.05, 3.63) is 35.4 Å². The Bertz CT molecular complexity index is 520. The third-order valence-electron chi connectivity index (χ3n) is 3.92. The van der Waals surface area contributed by atoms with Gasteiger partial charge in [-0.15, -0.1) is 0 Å². The van der Waals surface area contributed by atoms with Crippen LogP contribution in [0.5, 0.6) is 0 Å². The van der Waals surface area contributed by atoms with E-state index in [-0.39, 0.29) is 12.1 Å². The third-order valence-corrected chi connectivity index (χ3v) is 3.92. The maximum absolute atomic E-state index is 12.4. The summed E-state index contributed by atoms with van der Waals surface area (Å²) in [6.45, 7) is 9.06. The van der Waals surface area contributed by atoms with Crippen LogP contribution in [0.2, 0.25) is 0 Å². The second-order valence-corrected chi connectivity index (χ2v) is 7.31. The maximum atomic E-state index is 12.4. The first-order valence-electron chi connectivity index (χ1n) is 8.07. The quantitative estimate of drug-likeness (QED) is 0.927. The summed E-state index contributed by atoms with van der Waals surface area (Å²) in [6.07, 6.45) is 1.72. The van der Waals surface area contributed by atoms with Gasteiger partial charge in [0.25, 0.3) is 0 Å². The van der Waals surface area contributed by atoms with Crippen LogP contribution in [-0.4, -0.2) is 29.2 Å². The van der Waals surface area contributed by atoms with E-state index in [4.69, 9.17) is 10.5 Å². The first kappa shape index (κ1) is 16.8. The largest absolute Gasteiger partial charge is 0.444 e. The molecular formula is C18H28N2O2. The van der Waals surface area contributed by atoms with Gasteiger partial charge < -0.3 is 15.4 Å². The molecule has 0 aromatic heterocycles. The van der Waals surface area contributed by atoms with Gasteiger partial charge in [-0.2, -0.15) is 0 Å². The first-order valence-corrected chi connectivity index (χ1v) is 8.07. The number of amides is 1. The van der Waals surface area contributed by atoms with Crippen LogP contribution in [0.3, 0.4) is 0 Å². The number of ether oxygens (including phenoxy) is 1. The molecule has 0 saturated heterocycles. The summed E-state index contributed by atoms with van der Waals surface area (Å²) < 4.78 is 5.53. The number of benzene rings is 1. The lowest BCUT2D eigenvalue weighted by atomic mass is 9.86. The van der Waals surface area contributed by atoms with Gasteiger partial charge in [0.2, 0.25) is 0 Å². The highest BCUT2D eigenvalue weighted by Gasteiger charge is 2.30. The lowest BCUT2D eigenvalue weighted by molar-refractivity contribution is 0.0202. The van der Waals surface area contributed by atoms with Gasteiger partial charge in [-0.25, -0.2) is 4.79 Å². The number of hydrogen-bond acceptors (Lipinski definition) is 3. The molecule has 122 valence electrons. The number of rotatable bonds is 3. The van der Waals surface area contributed by atoms with Crippen molar-refractivity contribution in [1.82, 2.24) is 4.90 Å². The van der Waals surface area contributed by atoms with Crippen molar-refractivity contribution in [2.75, 3.05) is 6.54 Å². The zero-order valence-corrected chi connectivity index (χ0v) is 14.1. The van der Waals surface area contributed by atoms with E-state index >= 15 is 0 Å². The van der Waals surface area contributed by atoms with Crippen LogP contribution in [-0.2, 0) is 11.3 Å². The van der Waals surface area contributed by atoms with Gasteiger partial charge in [-0.3, -0.25) is 0 Å². The molecular weight excluding hydrogens is 276 g/mol. The molecule has 0 fully saturated rings.